The van der Waals surface area contributed by atoms with Gasteiger partial charge in [-0.05, 0) is 20.8 Å². The number of aromatic nitrogens is 2. The highest BCUT2D eigenvalue weighted by Gasteiger charge is 2.12. The van der Waals surface area contributed by atoms with E-state index in [1.54, 1.807) is 6.92 Å². The van der Waals surface area contributed by atoms with Gasteiger partial charge < -0.3 is 16.2 Å². The first-order chi connectivity index (χ1) is 7.40. The Hall–Kier alpha value is -1.85. The number of aryl methyl sites for hydroxylation is 1. The summed E-state index contributed by atoms with van der Waals surface area (Å²) in [5.74, 6) is -0.292. The monoisotopic (exact) mass is 224 g/mol. The molecule has 1 aromatic heterocycles. The van der Waals surface area contributed by atoms with Gasteiger partial charge in [0.1, 0.15) is 5.82 Å². The molecule has 4 N–H and O–H groups in total. The second-order valence-electron chi connectivity index (χ2n) is 3.87. The summed E-state index contributed by atoms with van der Waals surface area (Å²) in [5.41, 5.74) is 6.76. The summed E-state index contributed by atoms with van der Waals surface area (Å²) in [7, 11) is 0. The average molecular weight is 224 g/mol. The van der Waals surface area contributed by atoms with Crippen LogP contribution in [-0.4, -0.2) is 27.1 Å². The van der Waals surface area contributed by atoms with E-state index in [0.29, 0.717) is 17.2 Å². The number of carbonyl (C=O) groups is 1. The van der Waals surface area contributed by atoms with Gasteiger partial charge in [-0.15, -0.1) is 0 Å². The molecule has 0 atom stereocenters. The molecule has 0 aliphatic rings. The fraction of sp³-hybridized carbons (Fsp3) is 0.500. The molecule has 0 amide bonds. The molecule has 0 bridgehead atoms. The number of nitrogens with two attached hydrogens (primary N) is 1. The van der Waals surface area contributed by atoms with Gasteiger partial charge in [0.2, 0.25) is 5.95 Å². The van der Waals surface area contributed by atoms with Crippen molar-refractivity contribution in [2.75, 3.05) is 11.1 Å². The maximum absolute atomic E-state index is 10.6. The highest BCUT2D eigenvalue weighted by molar-refractivity contribution is 5.72. The fourth-order valence-corrected chi connectivity index (χ4v) is 1.31. The third kappa shape index (κ3) is 3.08. The maximum Gasteiger partial charge on any atom is 0.308 e. The Labute approximate surface area is 93.9 Å². The first kappa shape index (κ1) is 12.2. The molecule has 0 fully saturated rings. The molecule has 16 heavy (non-hydrogen) atoms. The van der Waals surface area contributed by atoms with Crippen LogP contribution in [0, 0.1) is 6.92 Å². The molecule has 0 aliphatic carbocycles. The molecule has 0 radical (unpaired) electrons. The number of carboxylic acid groups (broad SMARTS) is 1. The van der Waals surface area contributed by atoms with Gasteiger partial charge >= 0.3 is 5.97 Å². The van der Waals surface area contributed by atoms with E-state index in [0.717, 1.165) is 0 Å². The van der Waals surface area contributed by atoms with E-state index < -0.39 is 5.97 Å². The van der Waals surface area contributed by atoms with Crippen LogP contribution in [0.15, 0.2) is 0 Å². The van der Waals surface area contributed by atoms with Crippen LogP contribution in [0.2, 0.25) is 0 Å². The molecule has 1 rings (SSSR count). The Kier molecular flexibility index (Phi) is 3.65. The second kappa shape index (κ2) is 4.78. The Morgan fingerprint density at radius 1 is 1.50 bits per heavy atom. The van der Waals surface area contributed by atoms with Crippen LogP contribution in [0.1, 0.15) is 25.1 Å². The average Bonchev–Trinajstić information content (AvgIpc) is 2.10. The zero-order valence-corrected chi connectivity index (χ0v) is 9.61. The minimum Gasteiger partial charge on any atom is -0.481 e. The van der Waals surface area contributed by atoms with Gasteiger partial charge in [-0.25, -0.2) is 4.98 Å². The molecule has 0 aromatic carbocycles. The maximum atomic E-state index is 10.6. The molecule has 88 valence electrons. The van der Waals surface area contributed by atoms with Crippen molar-refractivity contribution in [3.63, 3.8) is 0 Å². The minimum atomic E-state index is -0.942. The van der Waals surface area contributed by atoms with E-state index in [1.807, 2.05) is 13.8 Å². The Bertz CT molecular complexity index is 381. The van der Waals surface area contributed by atoms with Crippen LogP contribution < -0.4 is 11.1 Å². The molecule has 0 aliphatic heterocycles. The van der Waals surface area contributed by atoms with Crippen molar-refractivity contribution in [1.82, 2.24) is 9.97 Å². The molecule has 1 heterocycles. The lowest BCUT2D eigenvalue weighted by Crippen LogP contribution is -2.16. The van der Waals surface area contributed by atoms with Gasteiger partial charge in [0.05, 0.1) is 6.42 Å². The molecule has 6 heteroatoms. The molecule has 1 aromatic rings. The van der Waals surface area contributed by atoms with Crippen LogP contribution in [-0.2, 0) is 11.2 Å². The molecule has 0 saturated heterocycles. The first-order valence-electron chi connectivity index (χ1n) is 5.01. The minimum absolute atomic E-state index is 0.153. The number of rotatable bonds is 4. The number of nitrogen functional groups attached to an aromatic ring is 1. The number of nitrogens with zero attached hydrogens (tertiary/aromatic N) is 2. The van der Waals surface area contributed by atoms with Crippen molar-refractivity contribution in [1.29, 1.82) is 0 Å². The van der Waals surface area contributed by atoms with Crippen molar-refractivity contribution < 1.29 is 9.90 Å². The summed E-state index contributed by atoms with van der Waals surface area (Å²) >= 11 is 0. The molecule has 0 saturated carbocycles. The predicted octanol–water partition coefficient (Wildman–Crippen LogP) is 0.815. The van der Waals surface area contributed by atoms with Gasteiger partial charge in [0.25, 0.3) is 0 Å². The highest BCUT2D eigenvalue weighted by atomic mass is 16.4. The summed E-state index contributed by atoms with van der Waals surface area (Å²) < 4.78 is 0. The van der Waals surface area contributed by atoms with Crippen molar-refractivity contribution in [2.24, 2.45) is 0 Å². The van der Waals surface area contributed by atoms with Gasteiger partial charge in [-0.3, -0.25) is 4.79 Å². The largest absolute Gasteiger partial charge is 0.481 e. The van der Waals surface area contributed by atoms with Crippen molar-refractivity contribution in [3.8, 4) is 0 Å². The normalized spacial score (nSPS) is 10.5. The third-order valence-electron chi connectivity index (χ3n) is 1.99. The quantitative estimate of drug-likeness (QED) is 0.699. The van der Waals surface area contributed by atoms with Gasteiger partial charge in [0.15, 0.2) is 0 Å². The van der Waals surface area contributed by atoms with E-state index in [1.165, 1.54) is 0 Å². The lowest BCUT2D eigenvalue weighted by Gasteiger charge is -2.12. The number of anilines is 2. The summed E-state index contributed by atoms with van der Waals surface area (Å²) in [4.78, 5) is 18.8. The molecular formula is C10H16N4O2. The molecular weight excluding hydrogens is 208 g/mol. The van der Waals surface area contributed by atoms with Crippen LogP contribution in [0.3, 0.4) is 0 Å². The van der Waals surface area contributed by atoms with Crippen LogP contribution >= 0.6 is 0 Å². The molecule has 0 unspecified atom stereocenters. The standard InChI is InChI=1S/C10H16N4O2/c1-5(2)12-10-13-6(3)7(4-8(15)16)9(11)14-10/h5H,4H2,1-3H3,(H,15,16)(H3,11,12,13,14). The summed E-state index contributed by atoms with van der Waals surface area (Å²) in [6.07, 6.45) is -0.153. The van der Waals surface area contributed by atoms with E-state index in [9.17, 15) is 4.79 Å². The lowest BCUT2D eigenvalue weighted by molar-refractivity contribution is -0.136. The third-order valence-corrected chi connectivity index (χ3v) is 1.99. The Morgan fingerprint density at radius 3 is 2.56 bits per heavy atom. The van der Waals surface area contributed by atoms with E-state index in [2.05, 4.69) is 15.3 Å². The van der Waals surface area contributed by atoms with Gasteiger partial charge in [0, 0.05) is 17.3 Å². The van der Waals surface area contributed by atoms with E-state index in [4.69, 9.17) is 10.8 Å². The summed E-state index contributed by atoms with van der Waals surface area (Å²) in [6, 6.07) is 0.198. The van der Waals surface area contributed by atoms with Crippen molar-refractivity contribution in [3.05, 3.63) is 11.3 Å². The zero-order chi connectivity index (χ0) is 12.3. The zero-order valence-electron chi connectivity index (χ0n) is 9.61. The number of hydrogen-bond acceptors (Lipinski definition) is 5. The Balaban J connectivity index is 3.02. The van der Waals surface area contributed by atoms with Crippen molar-refractivity contribution in [2.45, 2.75) is 33.2 Å². The van der Waals surface area contributed by atoms with Crippen LogP contribution in [0.5, 0.6) is 0 Å². The Morgan fingerprint density at radius 2 is 2.12 bits per heavy atom. The van der Waals surface area contributed by atoms with Crippen molar-refractivity contribution >= 4 is 17.7 Å². The topological polar surface area (TPSA) is 101 Å². The lowest BCUT2D eigenvalue weighted by atomic mass is 10.1. The van der Waals surface area contributed by atoms with Gasteiger partial charge in [-0.1, -0.05) is 0 Å². The summed E-state index contributed by atoms with van der Waals surface area (Å²) in [5, 5.41) is 11.7. The molecule has 6 nitrogen and oxygen atoms in total. The van der Waals surface area contributed by atoms with E-state index in [-0.39, 0.29) is 18.3 Å². The number of carboxylic acids is 1. The second-order valence-corrected chi connectivity index (χ2v) is 3.87. The predicted molar refractivity (Wildman–Crippen MR) is 61.3 cm³/mol. The number of nitrogens with one attached hydrogen (secondary N) is 1. The first-order valence-corrected chi connectivity index (χ1v) is 5.01. The number of hydrogen-bond donors (Lipinski definition) is 3. The van der Waals surface area contributed by atoms with E-state index >= 15 is 0 Å². The smallest absolute Gasteiger partial charge is 0.308 e. The van der Waals surface area contributed by atoms with Crippen LogP contribution in [0.25, 0.3) is 0 Å². The summed E-state index contributed by atoms with van der Waals surface area (Å²) in [6.45, 7) is 5.64. The number of aliphatic carboxylic acids is 1. The fourth-order valence-electron chi connectivity index (χ4n) is 1.31. The van der Waals surface area contributed by atoms with Crippen LogP contribution in [0.4, 0.5) is 11.8 Å². The van der Waals surface area contributed by atoms with Gasteiger partial charge in [-0.2, -0.15) is 4.98 Å². The highest BCUT2D eigenvalue weighted by Crippen LogP contribution is 2.16. The SMILES string of the molecule is Cc1nc(NC(C)C)nc(N)c1CC(=O)O. The molecule has 0 spiro atoms.